The van der Waals surface area contributed by atoms with Gasteiger partial charge in [0, 0.05) is 24.4 Å². The fraction of sp³-hybridized carbons (Fsp3) is 0.500. The Kier molecular flexibility index (Phi) is 5.94. The molecular formula is C24H25ClFN5O3. The smallest absolute Gasteiger partial charge is 0.271 e. The Labute approximate surface area is 200 Å². The third-order valence-electron chi connectivity index (χ3n) is 7.46. The van der Waals surface area contributed by atoms with Crippen molar-refractivity contribution in [1.82, 2.24) is 20.5 Å². The van der Waals surface area contributed by atoms with E-state index < -0.39 is 17.9 Å². The van der Waals surface area contributed by atoms with Gasteiger partial charge in [-0.15, -0.1) is 0 Å². The molecule has 2 saturated heterocycles. The molecule has 1 unspecified atom stereocenters. The minimum Gasteiger partial charge on any atom is -0.356 e. The predicted molar refractivity (Wildman–Crippen MR) is 122 cm³/mol. The fourth-order valence-corrected chi connectivity index (χ4v) is 6.10. The van der Waals surface area contributed by atoms with E-state index in [0.717, 1.165) is 19.3 Å². The van der Waals surface area contributed by atoms with Crippen molar-refractivity contribution in [3.05, 3.63) is 34.7 Å². The second kappa shape index (κ2) is 8.91. The van der Waals surface area contributed by atoms with E-state index in [2.05, 4.69) is 21.7 Å². The van der Waals surface area contributed by atoms with Gasteiger partial charge in [0.2, 0.25) is 11.8 Å². The lowest BCUT2D eigenvalue weighted by Gasteiger charge is -2.28. The summed E-state index contributed by atoms with van der Waals surface area (Å²) in [5.74, 6) is -1.41. The molecule has 34 heavy (non-hydrogen) atoms. The average molecular weight is 486 g/mol. The number of aromatic nitrogens is 1. The van der Waals surface area contributed by atoms with Crippen LogP contribution in [-0.4, -0.2) is 52.8 Å². The maximum absolute atomic E-state index is 13.8. The van der Waals surface area contributed by atoms with Crippen molar-refractivity contribution < 1.29 is 18.8 Å². The Morgan fingerprint density at radius 2 is 2.12 bits per heavy atom. The van der Waals surface area contributed by atoms with Gasteiger partial charge >= 0.3 is 0 Å². The number of H-pyrrole nitrogens is 1. The molecule has 1 aromatic carbocycles. The molecular weight excluding hydrogens is 461 g/mol. The molecule has 5 atom stereocenters. The summed E-state index contributed by atoms with van der Waals surface area (Å²) in [5, 5.41) is 15.9. The number of likely N-dealkylation sites (tertiary alicyclic amines) is 1. The van der Waals surface area contributed by atoms with Crippen molar-refractivity contribution in [3.8, 4) is 6.07 Å². The number of benzene rings is 1. The molecule has 5 rings (SSSR count). The first-order valence-electron chi connectivity index (χ1n) is 11.6. The topological polar surface area (TPSA) is 118 Å². The number of aromatic amines is 1. The molecule has 0 radical (unpaired) electrons. The summed E-state index contributed by atoms with van der Waals surface area (Å²) in [4.78, 5) is 43.3. The van der Waals surface area contributed by atoms with Gasteiger partial charge in [-0.1, -0.05) is 18.0 Å². The lowest BCUT2D eigenvalue weighted by atomic mass is 9.92. The van der Waals surface area contributed by atoms with Gasteiger partial charge in [-0.3, -0.25) is 14.4 Å². The fourth-order valence-electron chi connectivity index (χ4n) is 5.84. The van der Waals surface area contributed by atoms with Gasteiger partial charge in [-0.05, 0) is 55.7 Å². The number of nitriles is 1. The first-order valence-corrected chi connectivity index (χ1v) is 12.0. The molecule has 0 spiro atoms. The van der Waals surface area contributed by atoms with E-state index in [1.807, 2.05) is 0 Å². The number of nitrogens with zero attached hydrogens (tertiary/aromatic N) is 2. The van der Waals surface area contributed by atoms with Gasteiger partial charge in [0.25, 0.3) is 5.91 Å². The highest BCUT2D eigenvalue weighted by molar-refractivity contribution is 6.35. The standard InChI is InChI=1S/C24H25ClFN5O3/c25-18-7-14(26)8-19-17(18)9-20(30-19)24(34)31-11-13-2-1-3-16(13)21(31)23(33)29-15(10-27)6-12-4-5-28-22(12)32/h7-9,12-13,15-16,21,30H,1-6,11H2,(H,28,32)(H,29,33)/t12-,13-,15?,16-,21-/m0/s1. The highest BCUT2D eigenvalue weighted by atomic mass is 35.5. The van der Waals surface area contributed by atoms with E-state index in [1.165, 1.54) is 12.1 Å². The Hall–Kier alpha value is -3.12. The Bertz CT molecular complexity index is 1210. The van der Waals surface area contributed by atoms with Crippen LogP contribution in [0.25, 0.3) is 10.9 Å². The van der Waals surface area contributed by atoms with Crippen LogP contribution in [0.4, 0.5) is 4.39 Å². The molecule has 0 bridgehead atoms. The van der Waals surface area contributed by atoms with Crippen LogP contribution in [0.1, 0.15) is 42.6 Å². The molecule has 1 aromatic heterocycles. The summed E-state index contributed by atoms with van der Waals surface area (Å²) in [6.07, 6.45) is 3.64. The number of halogens is 2. The number of hydrogen-bond donors (Lipinski definition) is 3. The van der Waals surface area contributed by atoms with Gasteiger partial charge in [0.1, 0.15) is 23.6 Å². The van der Waals surface area contributed by atoms with Crippen molar-refractivity contribution in [2.75, 3.05) is 13.1 Å². The number of amides is 3. The summed E-state index contributed by atoms with van der Waals surface area (Å²) in [7, 11) is 0. The van der Waals surface area contributed by atoms with Crippen molar-refractivity contribution in [1.29, 1.82) is 5.26 Å². The zero-order valence-electron chi connectivity index (χ0n) is 18.4. The van der Waals surface area contributed by atoms with Crippen LogP contribution in [0.15, 0.2) is 18.2 Å². The van der Waals surface area contributed by atoms with Gasteiger partial charge in [-0.25, -0.2) is 4.39 Å². The molecule has 3 fully saturated rings. The number of hydrogen-bond acceptors (Lipinski definition) is 4. The van der Waals surface area contributed by atoms with Crippen molar-refractivity contribution in [2.24, 2.45) is 17.8 Å². The quantitative estimate of drug-likeness (QED) is 0.603. The number of rotatable bonds is 5. The number of carbonyl (C=O) groups excluding carboxylic acids is 3. The van der Waals surface area contributed by atoms with Crippen LogP contribution in [-0.2, 0) is 9.59 Å². The maximum atomic E-state index is 13.8. The van der Waals surface area contributed by atoms with Crippen molar-refractivity contribution in [3.63, 3.8) is 0 Å². The molecule has 1 aliphatic carbocycles. The molecule has 2 aromatic rings. The molecule has 3 heterocycles. The minimum absolute atomic E-state index is 0.0171. The largest absolute Gasteiger partial charge is 0.356 e. The van der Waals surface area contributed by atoms with Gasteiger partial charge in [0.05, 0.1) is 16.6 Å². The normalized spacial score (nSPS) is 26.9. The maximum Gasteiger partial charge on any atom is 0.271 e. The monoisotopic (exact) mass is 485 g/mol. The van der Waals surface area contributed by atoms with Crippen LogP contribution in [0.5, 0.6) is 0 Å². The van der Waals surface area contributed by atoms with Crippen LogP contribution in [0.2, 0.25) is 5.02 Å². The van der Waals surface area contributed by atoms with Crippen LogP contribution < -0.4 is 10.6 Å². The summed E-state index contributed by atoms with van der Waals surface area (Å²) in [6, 6.07) is 4.63. The third-order valence-corrected chi connectivity index (χ3v) is 7.77. The van der Waals surface area contributed by atoms with E-state index in [0.29, 0.717) is 30.4 Å². The van der Waals surface area contributed by atoms with Crippen molar-refractivity contribution >= 4 is 40.2 Å². The molecule has 178 valence electrons. The molecule has 8 nitrogen and oxygen atoms in total. The second-order valence-electron chi connectivity index (χ2n) is 9.49. The van der Waals surface area contributed by atoms with Crippen LogP contribution in [0.3, 0.4) is 0 Å². The highest BCUT2D eigenvalue weighted by Crippen LogP contribution is 2.43. The summed E-state index contributed by atoms with van der Waals surface area (Å²) in [5.41, 5.74) is 0.646. The Morgan fingerprint density at radius 3 is 2.85 bits per heavy atom. The lowest BCUT2D eigenvalue weighted by Crippen LogP contribution is -2.51. The SMILES string of the molecule is N#CC(C[C@@H]1CCNC1=O)NC(=O)[C@@H]1[C@H]2CCC[C@H]2CN1C(=O)c1cc2c(Cl)cc(F)cc2[nH]1. The minimum atomic E-state index is -0.811. The molecule has 1 saturated carbocycles. The van der Waals surface area contributed by atoms with E-state index in [9.17, 15) is 24.0 Å². The number of carbonyl (C=O) groups is 3. The predicted octanol–water partition coefficient (Wildman–Crippen LogP) is 2.74. The molecule has 10 heteroatoms. The van der Waals surface area contributed by atoms with Gasteiger partial charge in [-0.2, -0.15) is 5.26 Å². The Balaban J connectivity index is 1.38. The lowest BCUT2D eigenvalue weighted by molar-refractivity contribution is -0.127. The zero-order valence-corrected chi connectivity index (χ0v) is 19.2. The van der Waals surface area contributed by atoms with Gasteiger partial charge < -0.3 is 20.5 Å². The summed E-state index contributed by atoms with van der Waals surface area (Å²) < 4.78 is 13.8. The summed E-state index contributed by atoms with van der Waals surface area (Å²) in [6.45, 7) is 1.02. The van der Waals surface area contributed by atoms with E-state index in [-0.39, 0.29) is 52.6 Å². The van der Waals surface area contributed by atoms with E-state index in [4.69, 9.17) is 11.6 Å². The first kappa shape index (κ1) is 22.7. The first-order chi connectivity index (χ1) is 16.4. The molecule has 3 N–H and O–H groups in total. The Morgan fingerprint density at radius 1 is 1.29 bits per heavy atom. The highest BCUT2D eigenvalue weighted by Gasteiger charge is 2.50. The summed E-state index contributed by atoms with van der Waals surface area (Å²) >= 11 is 6.14. The molecule has 3 amide bonds. The third kappa shape index (κ3) is 4.00. The van der Waals surface area contributed by atoms with Crippen LogP contribution in [0, 0.1) is 34.9 Å². The van der Waals surface area contributed by atoms with Gasteiger partial charge in [0.15, 0.2) is 0 Å². The number of nitrogens with one attached hydrogen (secondary N) is 3. The van der Waals surface area contributed by atoms with Crippen molar-refractivity contribution in [2.45, 2.75) is 44.2 Å². The molecule has 2 aliphatic heterocycles. The zero-order chi connectivity index (χ0) is 24.0. The van der Waals surface area contributed by atoms with E-state index >= 15 is 0 Å². The second-order valence-corrected chi connectivity index (χ2v) is 9.90. The molecule has 3 aliphatic rings. The van der Waals surface area contributed by atoms with Crippen LogP contribution >= 0.6 is 11.6 Å². The number of fused-ring (bicyclic) bond motifs is 2. The average Bonchev–Trinajstić information content (AvgIpc) is 3.56. The van der Waals surface area contributed by atoms with E-state index in [1.54, 1.807) is 11.0 Å².